The van der Waals surface area contributed by atoms with Crippen LogP contribution >= 0.6 is 0 Å². The number of anilines is 1. The Morgan fingerprint density at radius 1 is 1.22 bits per heavy atom. The van der Waals surface area contributed by atoms with E-state index in [1.54, 1.807) is 0 Å². The van der Waals surface area contributed by atoms with Crippen molar-refractivity contribution in [2.45, 2.75) is 13.0 Å². The van der Waals surface area contributed by atoms with Gasteiger partial charge in [-0.1, -0.05) is 12.1 Å². The summed E-state index contributed by atoms with van der Waals surface area (Å²) in [5.74, 6) is -3.14. The quantitative estimate of drug-likeness (QED) is 0.791. The van der Waals surface area contributed by atoms with Crippen LogP contribution in [-0.4, -0.2) is 28.7 Å². The van der Waals surface area contributed by atoms with Gasteiger partial charge in [-0.3, -0.25) is 4.79 Å². The first-order chi connectivity index (χ1) is 11.0. The van der Waals surface area contributed by atoms with Crippen molar-refractivity contribution in [2.75, 3.05) is 11.9 Å². The van der Waals surface area contributed by atoms with E-state index < -0.39 is 36.2 Å². The first kappa shape index (κ1) is 16.7. The van der Waals surface area contributed by atoms with Gasteiger partial charge in [0.25, 0.3) is 6.43 Å². The molecule has 9 heteroatoms. The maximum absolute atomic E-state index is 13.4. The fourth-order valence-corrected chi connectivity index (χ4v) is 1.52. The normalized spacial score (nSPS) is 10.7. The topological polar surface area (TPSA) is 64.1 Å². The second-order valence-electron chi connectivity index (χ2n) is 4.38. The Morgan fingerprint density at radius 3 is 2.57 bits per heavy atom. The van der Waals surface area contributed by atoms with Crippen LogP contribution in [0.1, 0.15) is 5.56 Å². The van der Waals surface area contributed by atoms with E-state index in [4.69, 9.17) is 4.74 Å². The summed E-state index contributed by atoms with van der Waals surface area (Å²) < 4.78 is 55.6. The van der Waals surface area contributed by atoms with E-state index in [-0.39, 0.29) is 12.6 Å². The first-order valence-electron chi connectivity index (χ1n) is 6.40. The van der Waals surface area contributed by atoms with Crippen molar-refractivity contribution >= 4 is 11.6 Å². The molecule has 0 saturated heterocycles. The van der Waals surface area contributed by atoms with Gasteiger partial charge in [-0.15, -0.1) is 0 Å². The minimum atomic E-state index is -3.15. The van der Waals surface area contributed by atoms with Crippen LogP contribution in [0.3, 0.4) is 0 Å². The van der Waals surface area contributed by atoms with Gasteiger partial charge in [-0.05, 0) is 17.7 Å². The van der Waals surface area contributed by atoms with Crippen LogP contribution in [0.25, 0.3) is 0 Å². The number of halogens is 4. The van der Waals surface area contributed by atoms with Crippen molar-refractivity contribution < 1.29 is 27.1 Å². The highest BCUT2D eigenvalue weighted by molar-refractivity contribution is 5.85. The van der Waals surface area contributed by atoms with Gasteiger partial charge in [0.15, 0.2) is 11.6 Å². The van der Waals surface area contributed by atoms with Crippen molar-refractivity contribution in [3.63, 3.8) is 0 Å². The summed E-state index contributed by atoms with van der Waals surface area (Å²) in [5.41, 5.74) is 0.627. The Hall–Kier alpha value is -2.71. The van der Waals surface area contributed by atoms with Gasteiger partial charge >= 0.3 is 6.01 Å². The molecule has 2 aromatic rings. The molecule has 0 saturated carbocycles. The lowest BCUT2D eigenvalue weighted by Gasteiger charge is -2.08. The van der Waals surface area contributed by atoms with Crippen molar-refractivity contribution in [2.24, 2.45) is 0 Å². The molecule has 0 amide bonds. The van der Waals surface area contributed by atoms with Crippen LogP contribution in [0.2, 0.25) is 0 Å². The average molecular weight is 329 g/mol. The number of carbonyl (C=O) groups is 1. The summed E-state index contributed by atoms with van der Waals surface area (Å²) in [7, 11) is 0. The molecule has 23 heavy (non-hydrogen) atoms. The minimum absolute atomic E-state index is 0.00131. The van der Waals surface area contributed by atoms with Gasteiger partial charge in [-0.25, -0.2) is 22.5 Å². The molecule has 0 bridgehead atoms. The van der Waals surface area contributed by atoms with Gasteiger partial charge in [-0.2, -0.15) is 4.98 Å². The summed E-state index contributed by atoms with van der Waals surface area (Å²) >= 11 is 0. The molecule has 5 nitrogen and oxygen atoms in total. The molecule has 122 valence electrons. The van der Waals surface area contributed by atoms with Crippen LogP contribution < -0.4 is 10.1 Å². The number of nitrogens with one attached hydrogen (secondary N) is 1. The van der Waals surface area contributed by atoms with Gasteiger partial charge in [0.05, 0.1) is 12.7 Å². The Bertz CT molecular complexity index is 680. The monoisotopic (exact) mass is 329 g/mol. The zero-order valence-corrected chi connectivity index (χ0v) is 11.6. The predicted octanol–water partition coefficient (Wildman–Crippen LogP) is 2.58. The van der Waals surface area contributed by atoms with Gasteiger partial charge in [0.1, 0.15) is 12.4 Å². The summed E-state index contributed by atoms with van der Waals surface area (Å²) in [6.07, 6.45) is -2.37. The second-order valence-corrected chi connectivity index (χ2v) is 4.38. The van der Waals surface area contributed by atoms with E-state index in [1.165, 1.54) is 24.3 Å². The maximum Gasteiger partial charge on any atom is 0.318 e. The van der Waals surface area contributed by atoms with Crippen LogP contribution in [0.5, 0.6) is 6.01 Å². The molecular formula is C14H11F4N3O2. The molecule has 0 aliphatic rings. The van der Waals surface area contributed by atoms with Crippen LogP contribution in [0.4, 0.5) is 23.4 Å². The van der Waals surface area contributed by atoms with Crippen LogP contribution in [-0.2, 0) is 11.4 Å². The highest BCUT2D eigenvalue weighted by Crippen LogP contribution is 2.14. The van der Waals surface area contributed by atoms with E-state index in [0.717, 1.165) is 6.20 Å². The van der Waals surface area contributed by atoms with Crippen molar-refractivity contribution in [3.8, 4) is 6.01 Å². The Balaban J connectivity index is 1.98. The maximum atomic E-state index is 13.4. The Kier molecular flexibility index (Phi) is 5.45. The molecule has 2 rings (SSSR count). The number of rotatable bonds is 7. The van der Waals surface area contributed by atoms with Crippen LogP contribution in [0, 0.1) is 11.6 Å². The summed E-state index contributed by atoms with van der Waals surface area (Å²) in [6, 6.07) is 5.24. The zero-order valence-electron chi connectivity index (χ0n) is 11.6. The molecule has 1 N–H and O–H groups in total. The number of nitrogens with zero attached hydrogens (tertiary/aromatic N) is 2. The van der Waals surface area contributed by atoms with E-state index >= 15 is 0 Å². The highest BCUT2D eigenvalue weighted by Gasteiger charge is 2.16. The average Bonchev–Trinajstić information content (AvgIpc) is 2.53. The SMILES string of the molecule is O=C(CNc1nc(OCc2ccc(F)cc2)ncc1F)C(F)F. The third kappa shape index (κ3) is 4.90. The fraction of sp³-hybridized carbons (Fsp3) is 0.214. The number of hydrogen-bond donors (Lipinski definition) is 1. The molecule has 0 aliphatic heterocycles. The number of ketones is 1. The summed E-state index contributed by atoms with van der Waals surface area (Å²) in [6.45, 7) is -0.773. The highest BCUT2D eigenvalue weighted by atomic mass is 19.3. The second kappa shape index (κ2) is 7.52. The van der Waals surface area contributed by atoms with E-state index in [9.17, 15) is 22.4 Å². The van der Waals surface area contributed by atoms with Crippen LogP contribution in [0.15, 0.2) is 30.5 Å². The number of aromatic nitrogens is 2. The van der Waals surface area contributed by atoms with E-state index in [0.29, 0.717) is 5.56 Å². The number of Topliss-reactive ketones (excluding diaryl/α,β-unsaturated/α-hetero) is 1. The zero-order chi connectivity index (χ0) is 16.8. The molecular weight excluding hydrogens is 318 g/mol. The minimum Gasteiger partial charge on any atom is -0.459 e. The molecule has 1 heterocycles. The van der Waals surface area contributed by atoms with E-state index in [2.05, 4.69) is 15.3 Å². The fourth-order valence-electron chi connectivity index (χ4n) is 1.52. The molecule has 0 unspecified atom stereocenters. The van der Waals surface area contributed by atoms with Crippen molar-refractivity contribution in [1.29, 1.82) is 0 Å². The summed E-state index contributed by atoms with van der Waals surface area (Å²) in [4.78, 5) is 18.0. The largest absolute Gasteiger partial charge is 0.459 e. The molecule has 1 aromatic carbocycles. The lowest BCUT2D eigenvalue weighted by Crippen LogP contribution is -2.21. The number of benzene rings is 1. The number of alkyl halides is 2. The van der Waals surface area contributed by atoms with Gasteiger partial charge < -0.3 is 10.1 Å². The lowest BCUT2D eigenvalue weighted by atomic mass is 10.2. The molecule has 0 aliphatic carbocycles. The van der Waals surface area contributed by atoms with Gasteiger partial charge in [0.2, 0.25) is 5.78 Å². The molecule has 0 radical (unpaired) electrons. The Labute approximate surface area is 128 Å². The van der Waals surface area contributed by atoms with Crippen molar-refractivity contribution in [3.05, 3.63) is 47.7 Å². The molecule has 0 fully saturated rings. The third-order valence-corrected chi connectivity index (χ3v) is 2.68. The predicted molar refractivity (Wildman–Crippen MR) is 72.2 cm³/mol. The first-order valence-corrected chi connectivity index (χ1v) is 6.40. The van der Waals surface area contributed by atoms with Gasteiger partial charge in [0, 0.05) is 0 Å². The standard InChI is InChI=1S/C14H11F4N3O2/c15-9-3-1-8(2-4-9)7-23-14-20-5-10(16)13(21-14)19-6-11(22)12(17)18/h1-5,12H,6-7H2,(H,19,20,21). The van der Waals surface area contributed by atoms with E-state index in [1.807, 2.05) is 0 Å². The number of hydrogen-bond acceptors (Lipinski definition) is 5. The molecule has 1 aromatic heterocycles. The Morgan fingerprint density at radius 2 is 1.91 bits per heavy atom. The van der Waals surface area contributed by atoms with Crippen molar-refractivity contribution in [1.82, 2.24) is 9.97 Å². The number of carbonyl (C=O) groups excluding carboxylic acids is 1. The lowest BCUT2D eigenvalue weighted by molar-refractivity contribution is -0.127. The molecule has 0 atom stereocenters. The smallest absolute Gasteiger partial charge is 0.318 e. The molecule has 0 spiro atoms. The number of ether oxygens (including phenoxy) is 1. The summed E-state index contributed by atoms with van der Waals surface area (Å²) in [5, 5.41) is 2.15. The third-order valence-electron chi connectivity index (χ3n) is 2.68.